The summed E-state index contributed by atoms with van der Waals surface area (Å²) in [5.74, 6) is -0.249. The lowest BCUT2D eigenvalue weighted by atomic mass is 10.1. The van der Waals surface area contributed by atoms with E-state index in [0.717, 1.165) is 5.56 Å². The number of thiazole rings is 1. The number of carbonyl (C=O) groups is 2. The van der Waals surface area contributed by atoms with Gasteiger partial charge in [0.25, 0.3) is 0 Å². The van der Waals surface area contributed by atoms with Gasteiger partial charge in [-0.2, -0.15) is 0 Å². The molecule has 1 amide bonds. The number of benzene rings is 1. The lowest BCUT2D eigenvalue weighted by molar-refractivity contribution is -0.114. The number of nitrogens with one attached hydrogen (secondary N) is 1. The van der Waals surface area contributed by atoms with E-state index in [1.807, 2.05) is 30.3 Å². The Morgan fingerprint density at radius 1 is 1.17 bits per heavy atom. The molecule has 0 atom stereocenters. The van der Waals surface area contributed by atoms with Crippen LogP contribution in [-0.2, 0) is 4.79 Å². The molecule has 4 nitrogen and oxygen atoms in total. The van der Waals surface area contributed by atoms with Gasteiger partial charge in [-0.25, -0.2) is 4.98 Å². The molecular weight excluding hydrogens is 248 g/mol. The topological polar surface area (TPSA) is 59.1 Å². The van der Waals surface area contributed by atoms with Crippen LogP contribution in [0.15, 0.2) is 30.3 Å². The number of hydrogen-bond acceptors (Lipinski definition) is 4. The van der Waals surface area contributed by atoms with Crippen LogP contribution >= 0.6 is 11.3 Å². The molecule has 18 heavy (non-hydrogen) atoms. The average molecular weight is 260 g/mol. The first-order valence-electron chi connectivity index (χ1n) is 5.42. The third-order valence-electron chi connectivity index (χ3n) is 2.28. The second-order valence-corrected chi connectivity index (χ2v) is 4.80. The molecule has 0 saturated carbocycles. The lowest BCUT2D eigenvalue weighted by Crippen LogP contribution is -2.04. The van der Waals surface area contributed by atoms with Gasteiger partial charge in [-0.1, -0.05) is 41.7 Å². The van der Waals surface area contributed by atoms with Crippen LogP contribution in [0.1, 0.15) is 23.5 Å². The summed E-state index contributed by atoms with van der Waals surface area (Å²) in [5, 5.41) is 3.06. The molecule has 0 saturated heterocycles. The smallest absolute Gasteiger partial charge is 0.223 e. The fourth-order valence-corrected chi connectivity index (χ4v) is 2.48. The maximum absolute atomic E-state index is 11.6. The highest BCUT2D eigenvalue weighted by Gasteiger charge is 2.16. The normalized spacial score (nSPS) is 10.1. The van der Waals surface area contributed by atoms with E-state index in [4.69, 9.17) is 0 Å². The Kier molecular flexibility index (Phi) is 3.53. The molecule has 0 fully saturated rings. The summed E-state index contributed by atoms with van der Waals surface area (Å²) in [4.78, 5) is 27.5. The first kappa shape index (κ1) is 12.4. The molecule has 0 aliphatic rings. The SMILES string of the molecule is CC(=O)Nc1nc(-c2ccccc2)c(C(C)=O)s1. The Balaban J connectivity index is 2.48. The van der Waals surface area contributed by atoms with Gasteiger partial charge in [-0.15, -0.1) is 0 Å². The molecule has 0 radical (unpaired) electrons. The van der Waals surface area contributed by atoms with Gasteiger partial charge in [0.2, 0.25) is 5.91 Å². The molecule has 0 aliphatic carbocycles. The van der Waals surface area contributed by atoms with Crippen molar-refractivity contribution in [1.82, 2.24) is 4.98 Å². The Morgan fingerprint density at radius 3 is 2.39 bits per heavy atom. The molecule has 1 aromatic carbocycles. The fourth-order valence-electron chi connectivity index (χ4n) is 1.55. The van der Waals surface area contributed by atoms with Crippen LogP contribution in [0.3, 0.4) is 0 Å². The van der Waals surface area contributed by atoms with Crippen molar-refractivity contribution < 1.29 is 9.59 Å². The number of ketones is 1. The van der Waals surface area contributed by atoms with Crippen molar-refractivity contribution in [2.24, 2.45) is 0 Å². The predicted molar refractivity (Wildman–Crippen MR) is 71.9 cm³/mol. The van der Waals surface area contributed by atoms with Gasteiger partial charge < -0.3 is 5.32 Å². The van der Waals surface area contributed by atoms with E-state index >= 15 is 0 Å². The number of aromatic nitrogens is 1. The van der Waals surface area contributed by atoms with Gasteiger partial charge in [0.15, 0.2) is 10.9 Å². The minimum atomic E-state index is -0.196. The van der Waals surface area contributed by atoms with Crippen molar-refractivity contribution in [3.05, 3.63) is 35.2 Å². The first-order valence-corrected chi connectivity index (χ1v) is 6.24. The standard InChI is InChI=1S/C13H12N2O2S/c1-8(16)12-11(10-6-4-3-5-7-10)15-13(18-12)14-9(2)17/h3-7H,1-2H3,(H,14,15,17). The molecule has 1 heterocycles. The summed E-state index contributed by atoms with van der Waals surface area (Å²) in [6, 6.07) is 9.45. The Bertz CT molecular complexity index is 590. The minimum Gasteiger partial charge on any atom is -0.302 e. The number of rotatable bonds is 3. The summed E-state index contributed by atoms with van der Waals surface area (Å²) in [7, 11) is 0. The van der Waals surface area contributed by atoms with Gasteiger partial charge in [-0.05, 0) is 0 Å². The fraction of sp³-hybridized carbons (Fsp3) is 0.154. The largest absolute Gasteiger partial charge is 0.302 e. The Morgan fingerprint density at radius 2 is 1.83 bits per heavy atom. The molecule has 0 unspecified atom stereocenters. The molecule has 1 N–H and O–H groups in total. The molecule has 92 valence electrons. The molecule has 2 rings (SSSR count). The third kappa shape index (κ3) is 2.62. The van der Waals surface area contributed by atoms with Gasteiger partial charge in [0.1, 0.15) is 0 Å². The van der Waals surface area contributed by atoms with Crippen LogP contribution in [0.25, 0.3) is 11.3 Å². The number of carbonyl (C=O) groups excluding carboxylic acids is 2. The van der Waals surface area contributed by atoms with E-state index in [2.05, 4.69) is 10.3 Å². The summed E-state index contributed by atoms with van der Waals surface area (Å²) < 4.78 is 0. The Hall–Kier alpha value is -2.01. The summed E-state index contributed by atoms with van der Waals surface area (Å²) in [6.07, 6.45) is 0. The molecule has 0 aliphatic heterocycles. The van der Waals surface area contributed by atoms with Crippen molar-refractivity contribution in [1.29, 1.82) is 0 Å². The number of nitrogens with zero attached hydrogens (tertiary/aromatic N) is 1. The first-order chi connectivity index (χ1) is 8.58. The Labute approximate surface area is 109 Å². The zero-order valence-electron chi connectivity index (χ0n) is 10.1. The van der Waals surface area contributed by atoms with Crippen LogP contribution in [0.2, 0.25) is 0 Å². The third-order valence-corrected chi connectivity index (χ3v) is 3.35. The quantitative estimate of drug-likeness (QED) is 0.863. The van der Waals surface area contributed by atoms with Crippen LogP contribution in [0.5, 0.6) is 0 Å². The molecule has 1 aromatic heterocycles. The average Bonchev–Trinajstić information content (AvgIpc) is 2.73. The van der Waals surface area contributed by atoms with Gasteiger partial charge in [0, 0.05) is 19.4 Å². The highest BCUT2D eigenvalue weighted by atomic mass is 32.1. The van der Waals surface area contributed by atoms with E-state index in [1.165, 1.54) is 25.2 Å². The number of Topliss-reactive ketones (excluding diaryl/α,β-unsaturated/α-hetero) is 1. The van der Waals surface area contributed by atoms with E-state index in [0.29, 0.717) is 15.7 Å². The van der Waals surface area contributed by atoms with Crippen LogP contribution in [0, 0.1) is 0 Å². The summed E-state index contributed by atoms with van der Waals surface area (Å²) in [5.41, 5.74) is 1.49. The minimum absolute atomic E-state index is 0.0528. The number of anilines is 1. The van der Waals surface area contributed by atoms with Gasteiger partial charge in [-0.3, -0.25) is 9.59 Å². The highest BCUT2D eigenvalue weighted by molar-refractivity contribution is 7.18. The van der Waals surface area contributed by atoms with E-state index in [-0.39, 0.29) is 11.7 Å². The lowest BCUT2D eigenvalue weighted by Gasteiger charge is -1.98. The van der Waals surface area contributed by atoms with Crippen LogP contribution < -0.4 is 5.32 Å². The summed E-state index contributed by atoms with van der Waals surface area (Å²) >= 11 is 1.20. The van der Waals surface area contributed by atoms with E-state index in [1.54, 1.807) is 0 Å². The maximum atomic E-state index is 11.6. The zero-order chi connectivity index (χ0) is 13.1. The highest BCUT2D eigenvalue weighted by Crippen LogP contribution is 2.31. The molecular formula is C13H12N2O2S. The number of amides is 1. The van der Waals surface area contributed by atoms with Gasteiger partial charge >= 0.3 is 0 Å². The molecule has 2 aromatic rings. The predicted octanol–water partition coefficient (Wildman–Crippen LogP) is 2.97. The van der Waals surface area contributed by atoms with Gasteiger partial charge in [0.05, 0.1) is 10.6 Å². The maximum Gasteiger partial charge on any atom is 0.223 e. The van der Waals surface area contributed by atoms with Crippen molar-refractivity contribution in [3.63, 3.8) is 0 Å². The molecule has 5 heteroatoms. The van der Waals surface area contributed by atoms with Crippen LogP contribution in [0.4, 0.5) is 5.13 Å². The monoisotopic (exact) mass is 260 g/mol. The second kappa shape index (κ2) is 5.10. The second-order valence-electron chi connectivity index (χ2n) is 3.80. The van der Waals surface area contributed by atoms with E-state index < -0.39 is 0 Å². The number of hydrogen-bond donors (Lipinski definition) is 1. The zero-order valence-corrected chi connectivity index (χ0v) is 10.9. The van der Waals surface area contributed by atoms with Crippen molar-refractivity contribution in [2.75, 3.05) is 5.32 Å². The van der Waals surface area contributed by atoms with Crippen molar-refractivity contribution in [2.45, 2.75) is 13.8 Å². The van der Waals surface area contributed by atoms with Crippen LogP contribution in [-0.4, -0.2) is 16.7 Å². The van der Waals surface area contributed by atoms with Crippen molar-refractivity contribution in [3.8, 4) is 11.3 Å². The van der Waals surface area contributed by atoms with E-state index in [9.17, 15) is 9.59 Å². The molecule has 0 spiro atoms. The summed E-state index contributed by atoms with van der Waals surface area (Å²) in [6.45, 7) is 2.91. The van der Waals surface area contributed by atoms with Crippen molar-refractivity contribution >= 4 is 28.2 Å². The molecule has 0 bridgehead atoms.